The zero-order chi connectivity index (χ0) is 13.5. The molecule has 1 N–H and O–H groups in total. The Morgan fingerprint density at radius 1 is 1.11 bits per heavy atom. The molecule has 0 atom stereocenters. The van der Waals surface area contributed by atoms with Gasteiger partial charge in [0.05, 0.1) is 7.11 Å². The lowest BCUT2D eigenvalue weighted by Crippen LogP contribution is -2.21. The van der Waals surface area contributed by atoms with Crippen LogP contribution in [0.15, 0.2) is 0 Å². The van der Waals surface area contributed by atoms with Crippen molar-refractivity contribution in [2.75, 3.05) is 19.0 Å². The molecule has 0 aromatic carbocycles. The molecule has 19 heavy (non-hydrogen) atoms. The zero-order valence-corrected chi connectivity index (χ0v) is 11.7. The molecule has 6 nitrogen and oxygen atoms in total. The van der Waals surface area contributed by atoms with E-state index in [2.05, 4.69) is 27.2 Å². The van der Waals surface area contributed by atoms with Gasteiger partial charge in [0, 0.05) is 6.54 Å². The SMILES string of the molecule is CCCNc1nc(OC)nc(OC2CCCCC2)n1. The zero-order valence-electron chi connectivity index (χ0n) is 11.7. The lowest BCUT2D eigenvalue weighted by atomic mass is 9.98. The van der Waals surface area contributed by atoms with E-state index >= 15 is 0 Å². The molecule has 0 aliphatic heterocycles. The summed E-state index contributed by atoms with van der Waals surface area (Å²) < 4.78 is 10.9. The van der Waals surface area contributed by atoms with Gasteiger partial charge in [0.15, 0.2) is 0 Å². The summed E-state index contributed by atoms with van der Waals surface area (Å²) in [5, 5.41) is 3.12. The molecule has 2 rings (SSSR count). The second-order valence-electron chi connectivity index (χ2n) is 4.73. The molecule has 1 aliphatic carbocycles. The fourth-order valence-electron chi connectivity index (χ4n) is 2.13. The maximum atomic E-state index is 5.84. The largest absolute Gasteiger partial charge is 0.467 e. The van der Waals surface area contributed by atoms with E-state index in [1.54, 1.807) is 7.11 Å². The first kappa shape index (κ1) is 13.8. The Bertz CT molecular complexity index is 394. The van der Waals surface area contributed by atoms with Gasteiger partial charge >= 0.3 is 12.0 Å². The summed E-state index contributed by atoms with van der Waals surface area (Å²) in [7, 11) is 1.54. The number of hydrogen-bond acceptors (Lipinski definition) is 6. The first-order valence-corrected chi connectivity index (χ1v) is 7.02. The highest BCUT2D eigenvalue weighted by molar-refractivity contribution is 5.27. The third-order valence-corrected chi connectivity index (χ3v) is 3.13. The molecular formula is C13H22N4O2. The van der Waals surface area contributed by atoms with Crippen LogP contribution in [0.5, 0.6) is 12.0 Å². The highest BCUT2D eigenvalue weighted by Gasteiger charge is 2.17. The summed E-state index contributed by atoms with van der Waals surface area (Å²) in [5.74, 6) is 0.513. The van der Waals surface area contributed by atoms with Gasteiger partial charge in [-0.25, -0.2) is 0 Å². The van der Waals surface area contributed by atoms with Crippen molar-refractivity contribution < 1.29 is 9.47 Å². The quantitative estimate of drug-likeness (QED) is 0.852. The summed E-state index contributed by atoms with van der Waals surface area (Å²) in [5.41, 5.74) is 0. The topological polar surface area (TPSA) is 69.2 Å². The predicted molar refractivity (Wildman–Crippen MR) is 72.7 cm³/mol. The molecule has 0 bridgehead atoms. The predicted octanol–water partition coefficient (Wildman–Crippen LogP) is 2.41. The van der Waals surface area contributed by atoms with Crippen LogP contribution in [-0.2, 0) is 0 Å². The Balaban J connectivity index is 2.04. The van der Waals surface area contributed by atoms with Gasteiger partial charge in [-0.1, -0.05) is 13.3 Å². The van der Waals surface area contributed by atoms with Crippen LogP contribution in [0.25, 0.3) is 0 Å². The summed E-state index contributed by atoms with van der Waals surface area (Å²) in [6, 6.07) is 0.650. The highest BCUT2D eigenvalue weighted by Crippen LogP contribution is 2.22. The van der Waals surface area contributed by atoms with Crippen LogP contribution in [0.1, 0.15) is 45.4 Å². The van der Waals surface area contributed by atoms with Crippen LogP contribution in [0.3, 0.4) is 0 Å². The minimum Gasteiger partial charge on any atom is -0.467 e. The molecular weight excluding hydrogens is 244 g/mol. The second-order valence-corrected chi connectivity index (χ2v) is 4.73. The Morgan fingerprint density at radius 3 is 2.53 bits per heavy atom. The van der Waals surface area contributed by atoms with Crippen molar-refractivity contribution >= 4 is 5.95 Å². The fourth-order valence-corrected chi connectivity index (χ4v) is 2.13. The minimum atomic E-state index is 0.222. The van der Waals surface area contributed by atoms with E-state index < -0.39 is 0 Å². The highest BCUT2D eigenvalue weighted by atomic mass is 16.5. The van der Waals surface area contributed by atoms with Crippen LogP contribution in [0.4, 0.5) is 5.95 Å². The molecule has 1 saturated carbocycles. The average Bonchev–Trinajstić information content (AvgIpc) is 2.46. The van der Waals surface area contributed by atoms with Gasteiger partial charge in [0.25, 0.3) is 0 Å². The number of hydrogen-bond donors (Lipinski definition) is 1. The van der Waals surface area contributed by atoms with Gasteiger partial charge in [-0.05, 0) is 32.1 Å². The van der Waals surface area contributed by atoms with Crippen molar-refractivity contribution in [3.05, 3.63) is 0 Å². The lowest BCUT2D eigenvalue weighted by Gasteiger charge is -2.21. The number of methoxy groups -OCH3 is 1. The number of aromatic nitrogens is 3. The number of nitrogens with one attached hydrogen (secondary N) is 1. The first-order valence-electron chi connectivity index (χ1n) is 7.02. The normalized spacial score (nSPS) is 16.1. The molecule has 1 aromatic rings. The molecule has 1 aromatic heterocycles. The Kier molecular flexibility index (Phi) is 5.18. The maximum absolute atomic E-state index is 5.84. The van der Waals surface area contributed by atoms with Gasteiger partial charge in [-0.2, -0.15) is 9.97 Å². The van der Waals surface area contributed by atoms with E-state index in [0.29, 0.717) is 18.0 Å². The van der Waals surface area contributed by atoms with Gasteiger partial charge in [-0.15, -0.1) is 4.98 Å². The number of anilines is 1. The van der Waals surface area contributed by atoms with E-state index in [4.69, 9.17) is 9.47 Å². The number of ether oxygens (including phenoxy) is 2. The summed E-state index contributed by atoms with van der Waals surface area (Å²) in [6.07, 6.45) is 7.11. The van der Waals surface area contributed by atoms with Crippen LogP contribution in [-0.4, -0.2) is 34.7 Å². The molecule has 1 heterocycles. The van der Waals surface area contributed by atoms with Gasteiger partial charge in [-0.3, -0.25) is 0 Å². The van der Waals surface area contributed by atoms with Crippen molar-refractivity contribution in [1.82, 2.24) is 15.0 Å². The summed E-state index contributed by atoms with van der Waals surface area (Å²) in [4.78, 5) is 12.6. The van der Waals surface area contributed by atoms with Gasteiger partial charge in [0.1, 0.15) is 6.10 Å². The molecule has 0 saturated heterocycles. The van der Waals surface area contributed by atoms with Crippen molar-refractivity contribution in [2.45, 2.75) is 51.6 Å². The second kappa shape index (κ2) is 7.11. The summed E-state index contributed by atoms with van der Waals surface area (Å²) >= 11 is 0. The smallest absolute Gasteiger partial charge is 0.324 e. The maximum Gasteiger partial charge on any atom is 0.324 e. The van der Waals surface area contributed by atoms with E-state index in [1.807, 2.05) is 0 Å². The average molecular weight is 266 g/mol. The molecule has 0 radical (unpaired) electrons. The van der Waals surface area contributed by atoms with E-state index in [1.165, 1.54) is 19.3 Å². The standard InChI is InChI=1S/C13H22N4O2/c1-3-9-14-11-15-12(18-2)17-13(16-11)19-10-7-5-4-6-8-10/h10H,3-9H2,1-2H3,(H,14,15,16,17). The molecule has 0 amide bonds. The molecule has 1 fully saturated rings. The Hall–Kier alpha value is -1.59. The van der Waals surface area contributed by atoms with Crippen molar-refractivity contribution in [2.24, 2.45) is 0 Å². The van der Waals surface area contributed by atoms with Crippen molar-refractivity contribution in [3.63, 3.8) is 0 Å². The Labute approximate surface area is 114 Å². The fraction of sp³-hybridized carbons (Fsp3) is 0.769. The monoisotopic (exact) mass is 266 g/mol. The third kappa shape index (κ3) is 4.22. The van der Waals surface area contributed by atoms with E-state index in [0.717, 1.165) is 25.8 Å². The van der Waals surface area contributed by atoms with Crippen LogP contribution >= 0.6 is 0 Å². The number of rotatable bonds is 6. The van der Waals surface area contributed by atoms with E-state index in [9.17, 15) is 0 Å². The molecule has 106 valence electrons. The molecule has 0 unspecified atom stereocenters. The number of nitrogens with zero attached hydrogens (tertiary/aromatic N) is 3. The molecule has 0 spiro atoms. The van der Waals surface area contributed by atoms with Crippen molar-refractivity contribution in [1.29, 1.82) is 0 Å². The lowest BCUT2D eigenvalue weighted by molar-refractivity contribution is 0.140. The summed E-state index contributed by atoms with van der Waals surface area (Å²) in [6.45, 7) is 2.90. The van der Waals surface area contributed by atoms with Gasteiger partial charge in [0.2, 0.25) is 5.95 Å². The minimum absolute atomic E-state index is 0.222. The van der Waals surface area contributed by atoms with Crippen LogP contribution in [0, 0.1) is 0 Å². The van der Waals surface area contributed by atoms with Crippen LogP contribution in [0.2, 0.25) is 0 Å². The molecule has 1 aliphatic rings. The van der Waals surface area contributed by atoms with E-state index in [-0.39, 0.29) is 6.10 Å². The van der Waals surface area contributed by atoms with Gasteiger partial charge < -0.3 is 14.8 Å². The van der Waals surface area contributed by atoms with Crippen LogP contribution < -0.4 is 14.8 Å². The molecule has 6 heteroatoms. The van der Waals surface area contributed by atoms with Crippen molar-refractivity contribution in [3.8, 4) is 12.0 Å². The Morgan fingerprint density at radius 2 is 1.84 bits per heavy atom. The first-order chi connectivity index (χ1) is 9.31. The third-order valence-electron chi connectivity index (χ3n) is 3.13.